The topological polar surface area (TPSA) is 134 Å². The highest BCUT2D eigenvalue weighted by Gasteiger charge is 2.19. The van der Waals surface area contributed by atoms with E-state index in [1.807, 2.05) is 65.6 Å². The Kier molecular flexibility index (Phi) is 24.4. The predicted molar refractivity (Wildman–Crippen MR) is 205 cm³/mol. The molecule has 0 fully saturated rings. The Hall–Kier alpha value is -3.23. The summed E-state index contributed by atoms with van der Waals surface area (Å²) in [6.45, 7) is 4.44. The molecule has 2 aromatic rings. The molecule has 0 aliphatic rings. The Labute approximate surface area is 303 Å². The fourth-order valence-corrected chi connectivity index (χ4v) is 6.40. The van der Waals surface area contributed by atoms with Gasteiger partial charge < -0.3 is 27.0 Å². The molecule has 2 atom stereocenters. The summed E-state index contributed by atoms with van der Waals surface area (Å²) in [5, 5.41) is 6.02. The third kappa shape index (κ3) is 21.1. The second-order valence-corrected chi connectivity index (χ2v) is 14.1. The van der Waals surface area contributed by atoms with Crippen LogP contribution in [0.15, 0.2) is 60.7 Å². The van der Waals surface area contributed by atoms with E-state index in [1.54, 1.807) is 0 Å². The standard InChI is InChI=1S/C42H69N5O3/c1-2-3-4-5-6-7-8-9-10-11-12-13-14-15-22-29-40(48)47(32-23-30-45-41(49)38(43)34-36-25-18-16-19-26-36)33-24-31-46-42(50)39(44)35-37-27-20-17-21-28-37/h16-21,25-28,38-39H,2-15,22-24,29-35,43-44H2,1H3,(H,45,49)(H,46,50)/p+2/t38-,39-/m0/s1. The summed E-state index contributed by atoms with van der Waals surface area (Å²) in [6, 6.07) is 19.1. The number of hydrogen-bond donors (Lipinski definition) is 4. The Morgan fingerprint density at radius 2 is 0.900 bits per heavy atom. The van der Waals surface area contributed by atoms with E-state index < -0.39 is 0 Å². The molecule has 0 aliphatic heterocycles. The van der Waals surface area contributed by atoms with E-state index in [4.69, 9.17) is 0 Å². The highest BCUT2D eigenvalue weighted by atomic mass is 16.2. The molecule has 3 amide bonds. The summed E-state index contributed by atoms with van der Waals surface area (Å²) in [5.41, 5.74) is 10.3. The highest BCUT2D eigenvalue weighted by Crippen LogP contribution is 2.14. The van der Waals surface area contributed by atoms with Crippen molar-refractivity contribution in [2.75, 3.05) is 26.2 Å². The molecule has 50 heavy (non-hydrogen) atoms. The van der Waals surface area contributed by atoms with Gasteiger partial charge in [0.25, 0.3) is 11.8 Å². The van der Waals surface area contributed by atoms with Gasteiger partial charge in [-0.1, -0.05) is 157 Å². The van der Waals surface area contributed by atoms with E-state index >= 15 is 0 Å². The van der Waals surface area contributed by atoms with Crippen LogP contribution in [0, 0.1) is 0 Å². The molecule has 0 unspecified atom stereocenters. The van der Waals surface area contributed by atoms with Crippen molar-refractivity contribution >= 4 is 17.7 Å². The van der Waals surface area contributed by atoms with Gasteiger partial charge in [-0.15, -0.1) is 0 Å². The number of unbranched alkanes of at least 4 members (excludes halogenated alkanes) is 14. The molecule has 0 aromatic heterocycles. The molecule has 0 heterocycles. The molecule has 280 valence electrons. The van der Waals surface area contributed by atoms with Crippen LogP contribution in [0.25, 0.3) is 0 Å². The molecule has 0 bridgehead atoms. The van der Waals surface area contributed by atoms with Gasteiger partial charge in [0.15, 0.2) is 12.1 Å². The quantitative estimate of drug-likeness (QED) is 0.0772. The van der Waals surface area contributed by atoms with Gasteiger partial charge in [0.2, 0.25) is 5.91 Å². The molecule has 2 rings (SSSR count). The van der Waals surface area contributed by atoms with Gasteiger partial charge in [0.1, 0.15) is 0 Å². The number of carbonyl (C=O) groups excluding carboxylic acids is 3. The lowest BCUT2D eigenvalue weighted by Crippen LogP contribution is -2.68. The maximum Gasteiger partial charge on any atom is 0.278 e. The van der Waals surface area contributed by atoms with Crippen LogP contribution in [0.4, 0.5) is 0 Å². The molecule has 0 aliphatic carbocycles. The van der Waals surface area contributed by atoms with Crippen LogP contribution in [-0.2, 0) is 27.2 Å². The van der Waals surface area contributed by atoms with Crippen LogP contribution in [0.3, 0.4) is 0 Å². The minimum Gasteiger partial charge on any atom is -0.351 e. The summed E-state index contributed by atoms with van der Waals surface area (Å²) in [6.07, 6.45) is 22.6. The number of quaternary nitrogens is 2. The average Bonchev–Trinajstić information content (AvgIpc) is 3.13. The first kappa shape index (κ1) is 42.9. The van der Waals surface area contributed by atoms with Crippen molar-refractivity contribution in [3.63, 3.8) is 0 Å². The van der Waals surface area contributed by atoms with E-state index in [9.17, 15) is 14.4 Å². The zero-order chi connectivity index (χ0) is 36.1. The monoisotopic (exact) mass is 694 g/mol. The highest BCUT2D eigenvalue weighted by molar-refractivity contribution is 5.81. The third-order valence-electron chi connectivity index (χ3n) is 9.55. The molecule has 0 spiro atoms. The number of carbonyl (C=O) groups is 3. The molecular formula is C42H71N5O3+2. The third-order valence-corrected chi connectivity index (χ3v) is 9.55. The van der Waals surface area contributed by atoms with Crippen LogP contribution < -0.4 is 22.1 Å². The van der Waals surface area contributed by atoms with Crippen LogP contribution >= 0.6 is 0 Å². The Morgan fingerprint density at radius 3 is 1.28 bits per heavy atom. The molecule has 0 radical (unpaired) electrons. The van der Waals surface area contributed by atoms with E-state index in [0.29, 0.717) is 58.3 Å². The Balaban J connectivity index is 1.67. The molecule has 8 heteroatoms. The van der Waals surface area contributed by atoms with Crippen molar-refractivity contribution in [3.05, 3.63) is 71.8 Å². The zero-order valence-corrected chi connectivity index (χ0v) is 31.5. The molecule has 8 N–H and O–H groups in total. The number of hydrogen-bond acceptors (Lipinski definition) is 3. The molecular weight excluding hydrogens is 622 g/mol. The maximum absolute atomic E-state index is 13.3. The van der Waals surface area contributed by atoms with Crippen LogP contribution in [-0.4, -0.2) is 60.9 Å². The Morgan fingerprint density at radius 1 is 0.540 bits per heavy atom. The van der Waals surface area contributed by atoms with E-state index in [1.165, 1.54) is 83.5 Å². The van der Waals surface area contributed by atoms with Crippen LogP contribution in [0.2, 0.25) is 0 Å². The van der Waals surface area contributed by atoms with E-state index in [-0.39, 0.29) is 29.8 Å². The van der Waals surface area contributed by atoms with E-state index in [2.05, 4.69) is 29.0 Å². The summed E-state index contributed by atoms with van der Waals surface area (Å²) in [4.78, 5) is 40.5. The zero-order valence-electron chi connectivity index (χ0n) is 31.5. The van der Waals surface area contributed by atoms with Gasteiger partial charge in [-0.25, -0.2) is 0 Å². The number of nitrogens with one attached hydrogen (secondary N) is 2. The summed E-state index contributed by atoms with van der Waals surface area (Å²) in [7, 11) is 0. The maximum atomic E-state index is 13.3. The summed E-state index contributed by atoms with van der Waals surface area (Å²) < 4.78 is 0. The fraction of sp³-hybridized carbons (Fsp3) is 0.643. The van der Waals surface area contributed by atoms with Crippen molar-refractivity contribution in [2.45, 2.75) is 147 Å². The lowest BCUT2D eigenvalue weighted by molar-refractivity contribution is -0.403. The number of benzene rings is 2. The number of rotatable bonds is 30. The predicted octanol–water partition coefficient (Wildman–Crippen LogP) is 5.80. The van der Waals surface area contributed by atoms with Gasteiger partial charge in [-0.05, 0) is 30.4 Å². The molecule has 0 saturated carbocycles. The fourth-order valence-electron chi connectivity index (χ4n) is 6.40. The summed E-state index contributed by atoms with van der Waals surface area (Å²) in [5.74, 6) is 0.0338. The van der Waals surface area contributed by atoms with Gasteiger partial charge >= 0.3 is 0 Å². The summed E-state index contributed by atoms with van der Waals surface area (Å²) >= 11 is 0. The lowest BCUT2D eigenvalue weighted by atomic mass is 10.0. The normalized spacial score (nSPS) is 12.3. The van der Waals surface area contributed by atoms with Crippen LogP contribution in [0.1, 0.15) is 134 Å². The minimum atomic E-state index is -0.359. The average molecular weight is 694 g/mol. The van der Waals surface area contributed by atoms with Gasteiger partial charge in [-0.2, -0.15) is 0 Å². The second-order valence-electron chi connectivity index (χ2n) is 14.1. The first-order valence-electron chi connectivity index (χ1n) is 20.0. The SMILES string of the molecule is CCCCCCCCCCCCCCCCCC(=O)N(CCCNC(=O)[C@@H]([NH3+])Cc1ccccc1)CCCNC(=O)[C@@H]([NH3+])Cc1ccccc1. The van der Waals surface area contributed by atoms with Crippen molar-refractivity contribution in [3.8, 4) is 0 Å². The second kappa shape index (κ2) is 28.5. The van der Waals surface area contributed by atoms with E-state index in [0.717, 1.165) is 24.0 Å². The first-order chi connectivity index (χ1) is 24.4. The molecule has 0 saturated heterocycles. The van der Waals surface area contributed by atoms with Crippen LogP contribution in [0.5, 0.6) is 0 Å². The van der Waals surface area contributed by atoms with Crippen molar-refractivity contribution < 1.29 is 25.9 Å². The Bertz CT molecular complexity index is 1080. The smallest absolute Gasteiger partial charge is 0.278 e. The number of amides is 3. The van der Waals surface area contributed by atoms with Gasteiger partial charge in [0, 0.05) is 45.4 Å². The van der Waals surface area contributed by atoms with Crippen molar-refractivity contribution in [1.29, 1.82) is 0 Å². The largest absolute Gasteiger partial charge is 0.351 e. The molecule has 2 aromatic carbocycles. The number of nitrogens with zero attached hydrogens (tertiary/aromatic N) is 1. The minimum absolute atomic E-state index is 0.0644. The lowest BCUT2D eigenvalue weighted by Gasteiger charge is -2.23. The van der Waals surface area contributed by atoms with Gasteiger partial charge in [-0.3, -0.25) is 14.4 Å². The van der Waals surface area contributed by atoms with Crippen molar-refractivity contribution in [2.24, 2.45) is 0 Å². The van der Waals surface area contributed by atoms with Gasteiger partial charge in [0.05, 0.1) is 0 Å². The van der Waals surface area contributed by atoms with Crippen molar-refractivity contribution in [1.82, 2.24) is 15.5 Å². The first-order valence-corrected chi connectivity index (χ1v) is 20.0. The molecule has 8 nitrogen and oxygen atoms in total.